The van der Waals surface area contributed by atoms with Crippen LogP contribution in [0.5, 0.6) is 0 Å². The third kappa shape index (κ3) is 8.01. The van der Waals surface area contributed by atoms with Gasteiger partial charge in [0, 0.05) is 50.9 Å². The highest BCUT2D eigenvalue weighted by atomic mass is 16.4. The van der Waals surface area contributed by atoms with E-state index in [0.29, 0.717) is 37.9 Å². The molecule has 10 nitrogen and oxygen atoms in total. The number of carbonyl (C=O) groups excluding carboxylic acids is 3. The molecular weight excluding hydrogens is 630 g/mol. The molecule has 50 heavy (non-hydrogen) atoms. The summed E-state index contributed by atoms with van der Waals surface area (Å²) >= 11 is 0. The van der Waals surface area contributed by atoms with E-state index < -0.39 is 11.9 Å². The Morgan fingerprint density at radius 1 is 0.780 bits per heavy atom. The molecule has 3 saturated heterocycles. The molecule has 4 aliphatic heterocycles. The van der Waals surface area contributed by atoms with E-state index in [1.807, 2.05) is 37.8 Å². The molecule has 0 radical (unpaired) electrons. The summed E-state index contributed by atoms with van der Waals surface area (Å²) in [6.07, 6.45) is 10.9. The number of anilines is 1. The molecule has 10 heteroatoms. The molecule has 4 amide bonds. The first-order valence-corrected chi connectivity index (χ1v) is 19.1. The second-order valence-electron chi connectivity index (χ2n) is 15.4. The first-order valence-electron chi connectivity index (χ1n) is 19.1. The lowest BCUT2D eigenvalue weighted by Gasteiger charge is -2.41. The fraction of sp³-hybridized carbons (Fsp3) is 0.600. The number of urea groups is 1. The zero-order valence-corrected chi connectivity index (χ0v) is 29.4. The highest BCUT2D eigenvalue weighted by Gasteiger charge is 2.37. The lowest BCUT2D eigenvalue weighted by molar-refractivity contribution is -0.143. The average molecular weight is 684 g/mol. The van der Waals surface area contributed by atoms with Crippen molar-refractivity contribution in [3.05, 3.63) is 64.7 Å². The van der Waals surface area contributed by atoms with Crippen LogP contribution in [0.1, 0.15) is 80.0 Å². The van der Waals surface area contributed by atoms with Crippen LogP contribution >= 0.6 is 0 Å². The summed E-state index contributed by atoms with van der Waals surface area (Å²) in [5.74, 6) is 0.117. The predicted molar refractivity (Wildman–Crippen MR) is 192 cm³/mol. The van der Waals surface area contributed by atoms with Gasteiger partial charge in [0.25, 0.3) is 0 Å². The van der Waals surface area contributed by atoms with E-state index in [0.717, 1.165) is 94.4 Å². The van der Waals surface area contributed by atoms with Gasteiger partial charge in [-0.3, -0.25) is 19.3 Å². The number of para-hydroxylation sites is 1. The Hall–Kier alpha value is -3.92. The van der Waals surface area contributed by atoms with Crippen molar-refractivity contribution >= 4 is 29.5 Å². The monoisotopic (exact) mass is 683 g/mol. The molecule has 4 heterocycles. The van der Waals surface area contributed by atoms with E-state index in [9.17, 15) is 19.2 Å². The molecule has 7 rings (SSSR count). The summed E-state index contributed by atoms with van der Waals surface area (Å²) in [6, 6.07) is 14.6. The summed E-state index contributed by atoms with van der Waals surface area (Å²) in [6.45, 7) is 4.98. The number of fused-ring (bicyclic) bond motifs is 2. The second kappa shape index (κ2) is 15.5. The molecule has 1 aliphatic carbocycles. The van der Waals surface area contributed by atoms with Gasteiger partial charge >= 0.3 is 12.0 Å². The summed E-state index contributed by atoms with van der Waals surface area (Å²) in [7, 11) is 0. The number of amides is 4. The van der Waals surface area contributed by atoms with Gasteiger partial charge in [0.2, 0.25) is 11.8 Å². The van der Waals surface area contributed by atoms with Gasteiger partial charge in [-0.05, 0) is 124 Å². The topological polar surface area (TPSA) is 114 Å². The number of hydrogen-bond donors (Lipinski definition) is 2. The van der Waals surface area contributed by atoms with Gasteiger partial charge in [0.1, 0.15) is 0 Å². The van der Waals surface area contributed by atoms with Gasteiger partial charge in [0.05, 0.1) is 12.5 Å². The maximum atomic E-state index is 14.3. The molecule has 0 aromatic heterocycles. The summed E-state index contributed by atoms with van der Waals surface area (Å²) < 4.78 is 0. The Morgan fingerprint density at radius 3 is 2.16 bits per heavy atom. The van der Waals surface area contributed by atoms with Crippen LogP contribution < -0.4 is 5.32 Å². The Bertz CT molecular complexity index is 1550. The summed E-state index contributed by atoms with van der Waals surface area (Å²) in [4.78, 5) is 60.1. The zero-order chi connectivity index (χ0) is 34.6. The number of nitrogens with one attached hydrogen (secondary N) is 1. The van der Waals surface area contributed by atoms with Gasteiger partial charge in [-0.15, -0.1) is 0 Å². The molecule has 2 N–H and O–H groups in total. The third-order valence-electron chi connectivity index (χ3n) is 12.3. The minimum absolute atomic E-state index is 0.0382. The molecule has 268 valence electrons. The van der Waals surface area contributed by atoms with E-state index in [-0.39, 0.29) is 36.9 Å². The van der Waals surface area contributed by atoms with Crippen molar-refractivity contribution in [2.45, 2.75) is 89.6 Å². The number of aliphatic carboxylic acids is 1. The summed E-state index contributed by atoms with van der Waals surface area (Å²) in [5, 5.41) is 12.2. The fourth-order valence-corrected chi connectivity index (χ4v) is 9.35. The molecule has 0 spiro atoms. The van der Waals surface area contributed by atoms with E-state index in [1.165, 1.54) is 24.0 Å². The minimum atomic E-state index is -0.763. The summed E-state index contributed by atoms with van der Waals surface area (Å²) in [5.41, 5.74) is 5.95. The number of carboxylic acids is 1. The van der Waals surface area contributed by atoms with Crippen LogP contribution in [0.2, 0.25) is 0 Å². The smallest absolute Gasteiger partial charge is 0.322 e. The maximum absolute atomic E-state index is 14.3. The number of aryl methyl sites for hydroxylation is 2. The van der Waals surface area contributed by atoms with Crippen LogP contribution in [0.15, 0.2) is 42.5 Å². The Labute approximate surface area is 296 Å². The number of nitrogens with zero attached hydrogens (tertiary/aromatic N) is 4. The quantitative estimate of drug-likeness (QED) is 0.377. The van der Waals surface area contributed by atoms with Crippen molar-refractivity contribution < 1.29 is 24.3 Å². The molecule has 0 saturated carbocycles. The Morgan fingerprint density at radius 2 is 1.44 bits per heavy atom. The number of hydrogen-bond acceptors (Lipinski definition) is 5. The highest BCUT2D eigenvalue weighted by molar-refractivity contribution is 5.92. The first-order chi connectivity index (χ1) is 24.3. The molecular formula is C40H53N5O5. The molecule has 2 aromatic carbocycles. The normalized spacial score (nSPS) is 21.7. The van der Waals surface area contributed by atoms with Crippen molar-refractivity contribution in [2.24, 2.45) is 17.8 Å². The van der Waals surface area contributed by atoms with E-state index >= 15 is 0 Å². The SMILES string of the molecule is O=C(O)CN1CCC(C2CCN(C(=O)C(CC(=O)N3CCC(N4Cc5ccccc5NC4=O)CC3)Cc3ccc4c(c3)CCCC4)CC2)CC1. The predicted octanol–water partition coefficient (Wildman–Crippen LogP) is 5.19. The van der Waals surface area contributed by atoms with Crippen LogP contribution in [0.3, 0.4) is 0 Å². The second-order valence-corrected chi connectivity index (χ2v) is 15.4. The highest BCUT2D eigenvalue weighted by Crippen LogP contribution is 2.34. The lowest BCUT2D eigenvalue weighted by Crippen LogP contribution is -2.51. The Kier molecular flexibility index (Phi) is 10.7. The molecule has 1 atom stereocenters. The molecule has 0 bridgehead atoms. The molecule has 3 fully saturated rings. The molecule has 1 unspecified atom stereocenters. The first kappa shape index (κ1) is 34.5. The Balaban J connectivity index is 0.970. The van der Waals surface area contributed by atoms with Crippen molar-refractivity contribution in [3.63, 3.8) is 0 Å². The van der Waals surface area contributed by atoms with Gasteiger partial charge in [-0.1, -0.05) is 36.4 Å². The number of rotatable bonds is 9. The third-order valence-corrected chi connectivity index (χ3v) is 12.3. The van der Waals surface area contributed by atoms with Gasteiger partial charge in [-0.2, -0.15) is 0 Å². The van der Waals surface area contributed by atoms with E-state index in [4.69, 9.17) is 5.11 Å². The zero-order valence-electron chi connectivity index (χ0n) is 29.4. The van der Waals surface area contributed by atoms with Gasteiger partial charge in [0.15, 0.2) is 0 Å². The number of carbonyl (C=O) groups is 4. The molecule has 2 aromatic rings. The largest absolute Gasteiger partial charge is 0.480 e. The van der Waals surface area contributed by atoms with Crippen LogP contribution in [0, 0.1) is 17.8 Å². The van der Waals surface area contributed by atoms with Crippen molar-refractivity contribution in [1.29, 1.82) is 0 Å². The van der Waals surface area contributed by atoms with Crippen LogP contribution in [0.4, 0.5) is 10.5 Å². The van der Waals surface area contributed by atoms with Crippen LogP contribution in [-0.4, -0.2) is 100 Å². The van der Waals surface area contributed by atoms with Crippen molar-refractivity contribution in [1.82, 2.24) is 19.6 Å². The number of benzene rings is 2. The molecule has 5 aliphatic rings. The van der Waals surface area contributed by atoms with Crippen LogP contribution in [0.25, 0.3) is 0 Å². The van der Waals surface area contributed by atoms with Gasteiger partial charge < -0.3 is 25.1 Å². The standard InChI is InChI=1S/C40H53N5O5/c46-37(43-21-15-35(16-22-43)45-26-33-7-3-4-8-36(33)41-40(45)50)25-34(24-28-9-10-29-5-1-2-6-32(29)23-28)39(49)44-19-13-31(14-20-44)30-11-17-42(18-12-30)27-38(47)48/h3-4,7-10,23,30-31,34-35H,1-2,5-6,11-22,24-27H2,(H,41,50)(H,47,48). The average Bonchev–Trinajstić information content (AvgIpc) is 3.14. The minimum Gasteiger partial charge on any atom is -0.480 e. The number of piperidine rings is 3. The number of carboxylic acid groups (broad SMARTS) is 1. The van der Waals surface area contributed by atoms with E-state index in [2.05, 4.69) is 29.6 Å². The van der Waals surface area contributed by atoms with E-state index in [1.54, 1.807) is 0 Å². The fourth-order valence-electron chi connectivity index (χ4n) is 9.35. The van der Waals surface area contributed by atoms with Crippen molar-refractivity contribution in [2.75, 3.05) is 51.1 Å². The number of likely N-dealkylation sites (tertiary alicyclic amines) is 3. The lowest BCUT2D eigenvalue weighted by atomic mass is 9.78. The van der Waals surface area contributed by atoms with Gasteiger partial charge in [-0.25, -0.2) is 4.79 Å². The maximum Gasteiger partial charge on any atom is 0.322 e. The van der Waals surface area contributed by atoms with Crippen molar-refractivity contribution in [3.8, 4) is 0 Å². The van der Waals surface area contributed by atoms with Crippen LogP contribution in [-0.2, 0) is 40.2 Å².